The smallest absolute Gasteiger partial charge is 0.118 e. The molecular weight excluding hydrogens is 280 g/mol. The van der Waals surface area contributed by atoms with Crippen molar-refractivity contribution in [2.75, 3.05) is 7.11 Å². The lowest BCUT2D eigenvalue weighted by Crippen LogP contribution is -2.07. The molecule has 0 atom stereocenters. The van der Waals surface area contributed by atoms with Crippen molar-refractivity contribution in [3.8, 4) is 5.75 Å². The van der Waals surface area contributed by atoms with Crippen LogP contribution in [0.25, 0.3) is 0 Å². The zero-order chi connectivity index (χ0) is 16.2. The molecule has 0 radical (unpaired) electrons. The van der Waals surface area contributed by atoms with Gasteiger partial charge in [0, 0.05) is 5.92 Å². The summed E-state index contributed by atoms with van der Waals surface area (Å²) in [4.78, 5) is 0. The van der Waals surface area contributed by atoms with Crippen LogP contribution in [0.2, 0.25) is 0 Å². The van der Waals surface area contributed by atoms with Crippen LogP contribution in [-0.4, -0.2) is 7.11 Å². The van der Waals surface area contributed by atoms with Crippen molar-refractivity contribution in [3.05, 3.63) is 101 Å². The molecule has 0 aromatic heterocycles. The van der Waals surface area contributed by atoms with Crippen molar-refractivity contribution in [2.45, 2.75) is 19.8 Å². The van der Waals surface area contributed by atoms with Crippen LogP contribution >= 0.6 is 0 Å². The van der Waals surface area contributed by atoms with Crippen LogP contribution in [0.3, 0.4) is 0 Å². The number of ether oxygens (including phenoxy) is 1. The maximum absolute atomic E-state index is 5.31. The van der Waals surface area contributed by atoms with Gasteiger partial charge in [-0.15, -0.1) is 0 Å². The lowest BCUT2D eigenvalue weighted by Gasteiger charge is -2.22. The van der Waals surface area contributed by atoms with E-state index in [1.54, 1.807) is 7.11 Å². The first-order valence-electron chi connectivity index (χ1n) is 7.95. The van der Waals surface area contributed by atoms with Gasteiger partial charge in [-0.3, -0.25) is 0 Å². The Hall–Kier alpha value is -2.54. The first-order valence-corrected chi connectivity index (χ1v) is 7.95. The van der Waals surface area contributed by atoms with Crippen molar-refractivity contribution in [2.24, 2.45) is 0 Å². The molecule has 0 N–H and O–H groups in total. The zero-order valence-corrected chi connectivity index (χ0v) is 13.9. The molecular formula is C22H22O. The highest BCUT2D eigenvalue weighted by molar-refractivity contribution is 5.49. The quantitative estimate of drug-likeness (QED) is 0.579. The Morgan fingerprint density at radius 2 is 1.13 bits per heavy atom. The van der Waals surface area contributed by atoms with E-state index in [2.05, 4.69) is 74.5 Å². The minimum Gasteiger partial charge on any atom is -0.497 e. The van der Waals surface area contributed by atoms with E-state index in [0.717, 1.165) is 5.75 Å². The predicted molar refractivity (Wildman–Crippen MR) is 96.3 cm³/mol. The maximum atomic E-state index is 5.31. The Kier molecular flexibility index (Phi) is 4.47. The number of methoxy groups -OCH3 is 1. The highest BCUT2D eigenvalue weighted by Crippen LogP contribution is 2.35. The van der Waals surface area contributed by atoms with Gasteiger partial charge in [-0.25, -0.2) is 0 Å². The second-order valence-electron chi connectivity index (χ2n) is 5.92. The molecule has 1 nitrogen and oxygen atoms in total. The number of rotatable bonds is 4. The topological polar surface area (TPSA) is 9.23 Å². The summed E-state index contributed by atoms with van der Waals surface area (Å²) in [6.45, 7) is 4.37. The molecule has 3 rings (SSSR count). The molecule has 116 valence electrons. The van der Waals surface area contributed by atoms with Crippen LogP contribution in [0, 0.1) is 13.8 Å². The first-order chi connectivity index (χ1) is 11.2. The number of aryl methyl sites for hydroxylation is 2. The third-order valence-corrected chi connectivity index (χ3v) is 4.45. The Bertz CT molecular complexity index is 742. The Morgan fingerprint density at radius 3 is 1.57 bits per heavy atom. The fourth-order valence-corrected chi connectivity index (χ4v) is 3.14. The summed E-state index contributed by atoms with van der Waals surface area (Å²) in [6, 6.07) is 25.7. The number of benzene rings is 3. The Balaban J connectivity index is 2.17. The maximum Gasteiger partial charge on any atom is 0.118 e. The summed E-state index contributed by atoms with van der Waals surface area (Å²) < 4.78 is 5.31. The lowest BCUT2D eigenvalue weighted by molar-refractivity contribution is 0.414. The Morgan fingerprint density at radius 1 is 0.652 bits per heavy atom. The predicted octanol–water partition coefficient (Wildman–Crippen LogP) is 5.49. The molecule has 3 aromatic rings. The van der Waals surface area contributed by atoms with E-state index in [0.29, 0.717) is 0 Å². The van der Waals surface area contributed by atoms with Crippen LogP contribution < -0.4 is 4.74 Å². The standard InChI is InChI=1S/C22H22O/c1-16-8-4-6-10-20(16)22(21-11-7-5-9-17(21)2)18-12-14-19(23-3)15-13-18/h4-15,22H,1-3H3. The average Bonchev–Trinajstić information content (AvgIpc) is 2.59. The molecule has 23 heavy (non-hydrogen) atoms. The zero-order valence-electron chi connectivity index (χ0n) is 13.9. The first kappa shape index (κ1) is 15.4. The fraction of sp³-hybridized carbons (Fsp3) is 0.182. The summed E-state index contributed by atoms with van der Waals surface area (Å²) >= 11 is 0. The van der Waals surface area contributed by atoms with E-state index in [-0.39, 0.29) is 5.92 Å². The largest absolute Gasteiger partial charge is 0.497 e. The summed E-state index contributed by atoms with van der Waals surface area (Å²) in [5.74, 6) is 1.13. The van der Waals surface area contributed by atoms with E-state index in [1.807, 2.05) is 12.1 Å². The summed E-state index contributed by atoms with van der Waals surface area (Å²) in [5, 5.41) is 0. The van der Waals surface area contributed by atoms with E-state index < -0.39 is 0 Å². The molecule has 0 aliphatic carbocycles. The van der Waals surface area contributed by atoms with Gasteiger partial charge in [0.1, 0.15) is 5.75 Å². The van der Waals surface area contributed by atoms with Gasteiger partial charge in [0.05, 0.1) is 7.11 Å². The molecule has 0 amide bonds. The van der Waals surface area contributed by atoms with E-state index >= 15 is 0 Å². The van der Waals surface area contributed by atoms with Gasteiger partial charge in [-0.1, -0.05) is 60.7 Å². The average molecular weight is 302 g/mol. The van der Waals surface area contributed by atoms with E-state index in [9.17, 15) is 0 Å². The van der Waals surface area contributed by atoms with Crippen LogP contribution in [-0.2, 0) is 0 Å². The van der Waals surface area contributed by atoms with Gasteiger partial charge in [-0.05, 0) is 53.8 Å². The van der Waals surface area contributed by atoms with Gasteiger partial charge < -0.3 is 4.74 Å². The lowest BCUT2D eigenvalue weighted by atomic mass is 9.81. The van der Waals surface area contributed by atoms with Crippen molar-refractivity contribution < 1.29 is 4.74 Å². The normalized spacial score (nSPS) is 10.8. The molecule has 0 fully saturated rings. The molecule has 1 heteroatoms. The molecule has 0 saturated carbocycles. The highest BCUT2D eigenvalue weighted by atomic mass is 16.5. The molecule has 0 aliphatic rings. The molecule has 0 aliphatic heterocycles. The van der Waals surface area contributed by atoms with Crippen molar-refractivity contribution >= 4 is 0 Å². The van der Waals surface area contributed by atoms with Gasteiger partial charge in [0.25, 0.3) is 0 Å². The van der Waals surface area contributed by atoms with Gasteiger partial charge in [0.15, 0.2) is 0 Å². The molecule has 0 bridgehead atoms. The van der Waals surface area contributed by atoms with Gasteiger partial charge in [0.2, 0.25) is 0 Å². The van der Waals surface area contributed by atoms with Crippen LogP contribution in [0.15, 0.2) is 72.8 Å². The third kappa shape index (κ3) is 3.14. The van der Waals surface area contributed by atoms with Crippen molar-refractivity contribution in [1.82, 2.24) is 0 Å². The minimum atomic E-state index is 0.239. The summed E-state index contributed by atoms with van der Waals surface area (Å²) in [6.07, 6.45) is 0. The minimum absolute atomic E-state index is 0.239. The van der Waals surface area contributed by atoms with Crippen molar-refractivity contribution in [3.63, 3.8) is 0 Å². The van der Waals surface area contributed by atoms with Crippen LogP contribution in [0.4, 0.5) is 0 Å². The van der Waals surface area contributed by atoms with Crippen LogP contribution in [0.5, 0.6) is 5.75 Å². The van der Waals surface area contributed by atoms with Gasteiger partial charge in [-0.2, -0.15) is 0 Å². The highest BCUT2D eigenvalue weighted by Gasteiger charge is 2.19. The second kappa shape index (κ2) is 6.70. The van der Waals surface area contributed by atoms with E-state index in [1.165, 1.54) is 27.8 Å². The van der Waals surface area contributed by atoms with E-state index in [4.69, 9.17) is 4.74 Å². The molecule has 0 heterocycles. The SMILES string of the molecule is COc1ccc(C(c2ccccc2C)c2ccccc2C)cc1. The molecule has 0 unspecified atom stereocenters. The summed E-state index contributed by atoms with van der Waals surface area (Å²) in [7, 11) is 1.70. The van der Waals surface area contributed by atoms with Crippen molar-refractivity contribution in [1.29, 1.82) is 0 Å². The second-order valence-corrected chi connectivity index (χ2v) is 5.92. The number of hydrogen-bond acceptors (Lipinski definition) is 1. The summed E-state index contributed by atoms with van der Waals surface area (Å²) in [5.41, 5.74) is 6.63. The molecule has 0 spiro atoms. The Labute approximate surface area is 138 Å². The number of hydrogen-bond donors (Lipinski definition) is 0. The fourth-order valence-electron chi connectivity index (χ4n) is 3.14. The van der Waals surface area contributed by atoms with Crippen LogP contribution in [0.1, 0.15) is 33.7 Å². The molecule has 3 aromatic carbocycles. The monoisotopic (exact) mass is 302 g/mol. The third-order valence-electron chi connectivity index (χ3n) is 4.45. The van der Waals surface area contributed by atoms with Gasteiger partial charge >= 0.3 is 0 Å². The molecule has 0 saturated heterocycles.